The normalized spacial score (nSPS) is 15.7. The van der Waals surface area contributed by atoms with Gasteiger partial charge in [-0.05, 0) is 35.6 Å². The van der Waals surface area contributed by atoms with E-state index in [9.17, 15) is 0 Å². The third-order valence-electron chi connectivity index (χ3n) is 7.52. The summed E-state index contributed by atoms with van der Waals surface area (Å²) in [6.07, 6.45) is 7.55. The van der Waals surface area contributed by atoms with Crippen LogP contribution in [0, 0.1) is 0 Å². The Morgan fingerprint density at radius 1 is 0.949 bits per heavy atom. The lowest BCUT2D eigenvalue weighted by molar-refractivity contribution is 0.0330. The van der Waals surface area contributed by atoms with E-state index in [0.29, 0.717) is 19.9 Å². The van der Waals surface area contributed by atoms with Crippen LogP contribution in [0.4, 0.5) is 0 Å². The lowest BCUT2D eigenvalue weighted by atomic mass is 9.68. The molecular weight excluding hydrogens is 502 g/mol. The molecule has 0 radical (unpaired) electrons. The third kappa shape index (κ3) is 6.44. The van der Waals surface area contributed by atoms with Crippen molar-refractivity contribution in [2.75, 3.05) is 26.9 Å². The number of nitrogens with one attached hydrogen (secondary N) is 1. The summed E-state index contributed by atoms with van der Waals surface area (Å²) in [6.45, 7) is 9.34. The molecule has 0 aliphatic heterocycles. The number of fused-ring (bicyclic) bond motifs is 1. The molecule has 0 saturated heterocycles. The fourth-order valence-electron chi connectivity index (χ4n) is 5.12. The number of nitrogens with zero attached hydrogens (tertiary/aromatic N) is 2. The number of hydroxylamine groups is 1. The van der Waals surface area contributed by atoms with E-state index in [4.69, 9.17) is 19.4 Å². The van der Waals surface area contributed by atoms with E-state index in [2.05, 4.69) is 103 Å². The molecule has 2 aliphatic carbocycles. The highest BCUT2D eigenvalue weighted by Crippen LogP contribution is 2.44. The van der Waals surface area contributed by atoms with Crippen LogP contribution >= 0.6 is 0 Å². The first-order chi connectivity index (χ1) is 18.9. The Morgan fingerprint density at radius 3 is 2.21 bits per heavy atom. The number of benzene rings is 2. The second-order valence-electron chi connectivity index (χ2n) is 11.7. The van der Waals surface area contributed by atoms with Gasteiger partial charge in [0.05, 0.1) is 24.6 Å². The Kier molecular flexibility index (Phi) is 8.52. The maximum Gasteiger partial charge on any atom is 0.139 e. The maximum absolute atomic E-state index is 6.25. The molecule has 2 aromatic carbocycles. The smallest absolute Gasteiger partial charge is 0.139 e. The molecule has 7 heteroatoms. The van der Waals surface area contributed by atoms with Gasteiger partial charge in [-0.1, -0.05) is 92.5 Å². The first-order valence-electron chi connectivity index (χ1n) is 14.0. The molecule has 0 bridgehead atoms. The van der Waals surface area contributed by atoms with Gasteiger partial charge >= 0.3 is 0 Å². The molecule has 3 aromatic rings. The summed E-state index contributed by atoms with van der Waals surface area (Å²) in [5.74, 6) is 0. The zero-order chi connectivity index (χ0) is 27.3. The SMILES string of the molecule is COCCONC(=C1CC1)c1nn(COCC[Si](C)(C)C)c2c1C=CC(c1ccccc1)(c1ccccc1)C2. The molecular formula is C32H41N3O3Si. The minimum atomic E-state index is -1.19. The quantitative estimate of drug-likeness (QED) is 0.153. The predicted molar refractivity (Wildman–Crippen MR) is 160 cm³/mol. The van der Waals surface area contributed by atoms with Gasteiger partial charge in [-0.25, -0.2) is 4.68 Å². The predicted octanol–water partition coefficient (Wildman–Crippen LogP) is 6.42. The number of hydrogen-bond acceptors (Lipinski definition) is 5. The Labute approximate surface area is 233 Å². The average Bonchev–Trinajstić information content (AvgIpc) is 3.73. The van der Waals surface area contributed by atoms with Gasteiger partial charge in [-0.3, -0.25) is 10.3 Å². The zero-order valence-electron chi connectivity index (χ0n) is 23.7. The average molecular weight is 544 g/mol. The van der Waals surface area contributed by atoms with Gasteiger partial charge in [-0.2, -0.15) is 5.10 Å². The number of rotatable bonds is 13. The minimum absolute atomic E-state index is 0.293. The minimum Gasteiger partial charge on any atom is -0.382 e. The Morgan fingerprint density at radius 2 is 1.62 bits per heavy atom. The molecule has 1 saturated carbocycles. The number of ether oxygens (including phenoxy) is 2. The molecule has 1 heterocycles. The molecule has 1 fully saturated rings. The van der Waals surface area contributed by atoms with Crippen molar-refractivity contribution in [3.05, 3.63) is 100 Å². The molecule has 0 spiro atoms. The van der Waals surface area contributed by atoms with Gasteiger partial charge in [0.25, 0.3) is 0 Å². The van der Waals surface area contributed by atoms with Gasteiger partial charge in [0.2, 0.25) is 0 Å². The van der Waals surface area contributed by atoms with E-state index in [1.807, 2.05) is 0 Å². The fourth-order valence-corrected chi connectivity index (χ4v) is 5.88. The van der Waals surface area contributed by atoms with Crippen LogP contribution in [0.25, 0.3) is 11.8 Å². The Hall–Kier alpha value is -2.97. The van der Waals surface area contributed by atoms with E-state index >= 15 is 0 Å². The van der Waals surface area contributed by atoms with E-state index < -0.39 is 8.07 Å². The molecule has 0 atom stereocenters. The van der Waals surface area contributed by atoms with Crippen molar-refractivity contribution < 1.29 is 14.3 Å². The summed E-state index contributed by atoms with van der Waals surface area (Å²) >= 11 is 0. The highest BCUT2D eigenvalue weighted by atomic mass is 28.3. The monoisotopic (exact) mass is 543 g/mol. The van der Waals surface area contributed by atoms with Gasteiger partial charge in [0.1, 0.15) is 12.4 Å². The van der Waals surface area contributed by atoms with Gasteiger partial charge < -0.3 is 9.47 Å². The second-order valence-corrected chi connectivity index (χ2v) is 17.3. The first kappa shape index (κ1) is 27.6. The number of allylic oxidation sites excluding steroid dienone is 2. The Balaban J connectivity index is 1.54. The van der Waals surface area contributed by atoms with E-state index in [0.717, 1.165) is 48.9 Å². The summed E-state index contributed by atoms with van der Waals surface area (Å²) in [4.78, 5) is 5.77. The van der Waals surface area contributed by atoms with E-state index in [1.54, 1.807) is 7.11 Å². The molecule has 1 N–H and O–H groups in total. The third-order valence-corrected chi connectivity index (χ3v) is 9.23. The molecule has 2 aliphatic rings. The molecule has 39 heavy (non-hydrogen) atoms. The number of methoxy groups -OCH3 is 1. The molecule has 1 aromatic heterocycles. The van der Waals surface area contributed by atoms with Crippen LogP contribution in [0.3, 0.4) is 0 Å². The van der Waals surface area contributed by atoms with Crippen LogP contribution in [-0.2, 0) is 32.9 Å². The molecule has 206 valence electrons. The van der Waals surface area contributed by atoms with Crippen molar-refractivity contribution in [2.24, 2.45) is 0 Å². The van der Waals surface area contributed by atoms with Crippen molar-refractivity contribution in [1.29, 1.82) is 0 Å². The van der Waals surface area contributed by atoms with Gasteiger partial charge in [-0.15, -0.1) is 0 Å². The van der Waals surface area contributed by atoms with Crippen LogP contribution in [0.2, 0.25) is 25.7 Å². The van der Waals surface area contributed by atoms with Crippen LogP contribution in [0.15, 0.2) is 72.3 Å². The largest absolute Gasteiger partial charge is 0.382 e. The standard InChI is InChI=1S/C32H41N3O3Si/c1-36-19-20-38-34-30(25-15-16-25)31-28-17-18-32(26-11-7-5-8-12-26,27-13-9-6-10-14-27)23-29(28)35(33-31)24-37-21-22-39(2,3)4/h5-14,17-18,34H,15-16,19-24H2,1-4H3. The maximum atomic E-state index is 6.25. The zero-order valence-corrected chi connectivity index (χ0v) is 24.7. The fraction of sp³-hybridized carbons (Fsp3) is 0.406. The number of aromatic nitrogens is 2. The summed E-state index contributed by atoms with van der Waals surface area (Å²) < 4.78 is 13.5. The van der Waals surface area contributed by atoms with Gasteiger partial charge in [0.15, 0.2) is 0 Å². The van der Waals surface area contributed by atoms with Crippen molar-refractivity contribution in [3.63, 3.8) is 0 Å². The molecule has 6 nitrogen and oxygen atoms in total. The van der Waals surface area contributed by atoms with Crippen LogP contribution in [-0.4, -0.2) is 44.8 Å². The highest BCUT2D eigenvalue weighted by Gasteiger charge is 2.38. The number of hydrogen-bond donors (Lipinski definition) is 1. The van der Waals surface area contributed by atoms with Crippen LogP contribution in [0.5, 0.6) is 0 Å². The first-order valence-corrected chi connectivity index (χ1v) is 17.7. The Bertz CT molecular complexity index is 1260. The summed E-state index contributed by atoms with van der Waals surface area (Å²) in [7, 11) is 0.494. The lowest BCUT2D eigenvalue weighted by Gasteiger charge is -2.35. The van der Waals surface area contributed by atoms with Crippen LogP contribution in [0.1, 0.15) is 40.9 Å². The summed E-state index contributed by atoms with van der Waals surface area (Å²) in [5.41, 5.74) is 11.1. The van der Waals surface area contributed by atoms with E-state index in [-0.39, 0.29) is 5.41 Å². The summed E-state index contributed by atoms with van der Waals surface area (Å²) in [6, 6.07) is 22.7. The van der Waals surface area contributed by atoms with Crippen molar-refractivity contribution in [2.45, 2.75) is 57.1 Å². The molecule has 5 rings (SSSR count). The highest BCUT2D eigenvalue weighted by molar-refractivity contribution is 6.76. The van der Waals surface area contributed by atoms with Gasteiger partial charge in [0, 0.05) is 39.2 Å². The van der Waals surface area contributed by atoms with E-state index in [1.165, 1.54) is 22.4 Å². The molecule has 0 unspecified atom stereocenters. The van der Waals surface area contributed by atoms with Crippen molar-refractivity contribution in [3.8, 4) is 0 Å². The topological polar surface area (TPSA) is 57.5 Å². The second kappa shape index (κ2) is 12.0. The van der Waals surface area contributed by atoms with Crippen molar-refractivity contribution >= 4 is 19.8 Å². The molecule has 0 amide bonds. The van der Waals surface area contributed by atoms with Crippen molar-refractivity contribution in [1.82, 2.24) is 15.3 Å². The van der Waals surface area contributed by atoms with Crippen LogP contribution < -0.4 is 5.48 Å². The lowest BCUT2D eigenvalue weighted by Crippen LogP contribution is -2.32. The summed E-state index contributed by atoms with van der Waals surface area (Å²) in [5, 5.41) is 5.16.